The first-order chi connectivity index (χ1) is 11.4. The molecule has 0 fully saturated rings. The number of nitrogens with zero attached hydrogens (tertiary/aromatic N) is 6. The summed E-state index contributed by atoms with van der Waals surface area (Å²) >= 11 is 0. The first-order valence-corrected chi connectivity index (χ1v) is 9.29. The SMILES string of the molecule is CC(C)(C)c1cn(C(C)(C)C)nn1.CC(C)(C)c1cn(C(C)(C)C)nn1. The molecule has 0 aliphatic rings. The van der Waals surface area contributed by atoms with E-state index in [9.17, 15) is 0 Å². The first-order valence-electron chi connectivity index (χ1n) is 9.29. The summed E-state index contributed by atoms with van der Waals surface area (Å²) in [7, 11) is 0. The van der Waals surface area contributed by atoms with Crippen molar-refractivity contribution in [2.45, 2.75) is 105 Å². The summed E-state index contributed by atoms with van der Waals surface area (Å²) < 4.78 is 3.82. The maximum atomic E-state index is 4.17. The topological polar surface area (TPSA) is 61.4 Å². The third-order valence-corrected chi connectivity index (χ3v) is 3.90. The van der Waals surface area contributed by atoms with Crippen LogP contribution < -0.4 is 0 Å². The quantitative estimate of drug-likeness (QED) is 0.684. The van der Waals surface area contributed by atoms with Gasteiger partial charge in [-0.3, -0.25) is 0 Å². The Morgan fingerprint density at radius 2 is 0.808 bits per heavy atom. The molecular formula is C20H38N6. The summed E-state index contributed by atoms with van der Waals surface area (Å²) in [6, 6.07) is 0. The van der Waals surface area contributed by atoms with Crippen molar-refractivity contribution in [1.29, 1.82) is 0 Å². The van der Waals surface area contributed by atoms with Crippen LogP contribution in [-0.2, 0) is 21.9 Å². The Kier molecular flexibility index (Phi) is 6.11. The number of aromatic nitrogens is 6. The van der Waals surface area contributed by atoms with Crippen LogP contribution in [0, 0.1) is 0 Å². The molecule has 0 spiro atoms. The fraction of sp³-hybridized carbons (Fsp3) is 0.800. The van der Waals surface area contributed by atoms with Crippen molar-refractivity contribution in [3.05, 3.63) is 23.8 Å². The van der Waals surface area contributed by atoms with Gasteiger partial charge in [-0.15, -0.1) is 10.2 Å². The number of hydrogen-bond donors (Lipinski definition) is 0. The molecule has 0 bridgehead atoms. The Hall–Kier alpha value is -1.72. The molecule has 0 saturated heterocycles. The molecule has 2 aromatic rings. The lowest BCUT2D eigenvalue weighted by Gasteiger charge is -2.18. The lowest BCUT2D eigenvalue weighted by Crippen LogP contribution is -2.22. The normalized spacial score (nSPS) is 13.4. The zero-order chi connectivity index (χ0) is 20.6. The van der Waals surface area contributed by atoms with Gasteiger partial charge < -0.3 is 0 Å². The van der Waals surface area contributed by atoms with E-state index >= 15 is 0 Å². The second kappa shape index (κ2) is 7.12. The van der Waals surface area contributed by atoms with E-state index in [0.29, 0.717) is 0 Å². The van der Waals surface area contributed by atoms with Crippen molar-refractivity contribution in [3.63, 3.8) is 0 Å². The standard InChI is InChI=1S/2C10H19N3/c2*1-9(2,3)8-7-13(12-11-8)10(4,5)6/h2*7H,1-6H3. The first kappa shape index (κ1) is 22.3. The molecule has 0 amide bonds. The minimum atomic E-state index is 0.0243. The van der Waals surface area contributed by atoms with Crippen LogP contribution in [-0.4, -0.2) is 30.0 Å². The van der Waals surface area contributed by atoms with E-state index in [2.05, 4.69) is 104 Å². The highest BCUT2D eigenvalue weighted by Gasteiger charge is 2.22. The van der Waals surface area contributed by atoms with E-state index in [1.54, 1.807) is 0 Å². The van der Waals surface area contributed by atoms with Crippen molar-refractivity contribution in [1.82, 2.24) is 30.0 Å². The van der Waals surface area contributed by atoms with Crippen LogP contribution in [0.3, 0.4) is 0 Å². The van der Waals surface area contributed by atoms with Gasteiger partial charge in [-0.05, 0) is 41.5 Å². The van der Waals surface area contributed by atoms with Crippen molar-refractivity contribution in [3.8, 4) is 0 Å². The molecule has 0 aliphatic heterocycles. The highest BCUT2D eigenvalue weighted by Crippen LogP contribution is 2.22. The summed E-state index contributed by atoms with van der Waals surface area (Å²) in [6.07, 6.45) is 4.06. The Labute approximate surface area is 159 Å². The van der Waals surface area contributed by atoms with Gasteiger partial charge in [0.1, 0.15) is 0 Å². The highest BCUT2D eigenvalue weighted by molar-refractivity contribution is 5.07. The lowest BCUT2D eigenvalue weighted by atomic mass is 9.93. The van der Waals surface area contributed by atoms with E-state index in [4.69, 9.17) is 0 Å². The molecule has 0 atom stereocenters. The van der Waals surface area contributed by atoms with Crippen LogP contribution in [0.2, 0.25) is 0 Å². The van der Waals surface area contributed by atoms with E-state index in [1.165, 1.54) is 0 Å². The van der Waals surface area contributed by atoms with Crippen molar-refractivity contribution >= 4 is 0 Å². The molecule has 0 aliphatic carbocycles. The molecule has 0 aromatic carbocycles. The van der Waals surface area contributed by atoms with E-state index < -0.39 is 0 Å². The van der Waals surface area contributed by atoms with Gasteiger partial charge in [-0.25, -0.2) is 9.36 Å². The summed E-state index contributed by atoms with van der Waals surface area (Å²) in [4.78, 5) is 0. The number of hydrogen-bond acceptors (Lipinski definition) is 4. The largest absolute Gasteiger partial charge is 0.247 e. The Morgan fingerprint density at radius 1 is 0.538 bits per heavy atom. The van der Waals surface area contributed by atoms with Crippen LogP contribution in [0.15, 0.2) is 12.4 Å². The average molecular weight is 363 g/mol. The Balaban J connectivity index is 0.000000260. The van der Waals surface area contributed by atoms with Crippen LogP contribution in [0.5, 0.6) is 0 Å². The van der Waals surface area contributed by atoms with Crippen LogP contribution >= 0.6 is 0 Å². The molecule has 2 heterocycles. The summed E-state index contributed by atoms with van der Waals surface area (Å²) in [6.45, 7) is 25.6. The maximum Gasteiger partial charge on any atom is 0.0880 e. The Morgan fingerprint density at radius 3 is 0.923 bits per heavy atom. The van der Waals surface area contributed by atoms with E-state index in [-0.39, 0.29) is 21.9 Å². The van der Waals surface area contributed by atoms with Crippen molar-refractivity contribution in [2.24, 2.45) is 0 Å². The maximum absolute atomic E-state index is 4.17. The summed E-state index contributed by atoms with van der Waals surface area (Å²) in [5, 5.41) is 16.6. The van der Waals surface area contributed by atoms with Crippen molar-refractivity contribution in [2.75, 3.05) is 0 Å². The predicted octanol–water partition coefficient (Wildman–Crippen LogP) is 4.66. The third-order valence-electron chi connectivity index (χ3n) is 3.90. The molecule has 2 aromatic heterocycles. The van der Waals surface area contributed by atoms with Gasteiger partial charge in [-0.2, -0.15) is 0 Å². The second-order valence-corrected chi connectivity index (χ2v) is 10.9. The lowest BCUT2D eigenvalue weighted by molar-refractivity contribution is 0.346. The Bertz CT molecular complexity index is 577. The molecular weight excluding hydrogens is 324 g/mol. The molecule has 148 valence electrons. The highest BCUT2D eigenvalue weighted by atomic mass is 15.5. The van der Waals surface area contributed by atoms with E-state index in [0.717, 1.165) is 11.4 Å². The third kappa shape index (κ3) is 6.22. The fourth-order valence-electron chi connectivity index (χ4n) is 1.87. The van der Waals surface area contributed by atoms with Gasteiger partial charge in [0.15, 0.2) is 0 Å². The van der Waals surface area contributed by atoms with Gasteiger partial charge in [0, 0.05) is 23.2 Å². The smallest absolute Gasteiger partial charge is 0.0880 e. The molecule has 6 heteroatoms. The molecule has 26 heavy (non-hydrogen) atoms. The number of rotatable bonds is 0. The monoisotopic (exact) mass is 362 g/mol. The molecule has 0 saturated carbocycles. The molecule has 0 N–H and O–H groups in total. The van der Waals surface area contributed by atoms with Gasteiger partial charge >= 0.3 is 0 Å². The summed E-state index contributed by atoms with van der Waals surface area (Å²) in [5.41, 5.74) is 2.31. The predicted molar refractivity (Wildman–Crippen MR) is 107 cm³/mol. The zero-order valence-electron chi connectivity index (χ0n) is 18.8. The molecule has 0 unspecified atom stereocenters. The fourth-order valence-corrected chi connectivity index (χ4v) is 1.87. The minimum Gasteiger partial charge on any atom is -0.247 e. The van der Waals surface area contributed by atoms with Gasteiger partial charge in [0.2, 0.25) is 0 Å². The molecule has 6 nitrogen and oxygen atoms in total. The van der Waals surface area contributed by atoms with Gasteiger partial charge in [0.25, 0.3) is 0 Å². The van der Waals surface area contributed by atoms with Crippen LogP contribution in [0.25, 0.3) is 0 Å². The molecule has 2 rings (SSSR count). The second-order valence-electron chi connectivity index (χ2n) is 10.9. The molecule has 0 radical (unpaired) electrons. The summed E-state index contributed by atoms with van der Waals surface area (Å²) in [5.74, 6) is 0. The van der Waals surface area contributed by atoms with Crippen LogP contribution in [0.1, 0.15) is 94.5 Å². The van der Waals surface area contributed by atoms with E-state index in [1.807, 2.05) is 21.8 Å². The minimum absolute atomic E-state index is 0.0243. The average Bonchev–Trinajstić information content (AvgIpc) is 3.06. The van der Waals surface area contributed by atoms with Crippen molar-refractivity contribution < 1.29 is 0 Å². The zero-order valence-corrected chi connectivity index (χ0v) is 18.8. The van der Waals surface area contributed by atoms with Gasteiger partial charge in [0.05, 0.1) is 22.5 Å². The van der Waals surface area contributed by atoms with Gasteiger partial charge in [-0.1, -0.05) is 52.0 Å². The van der Waals surface area contributed by atoms with Crippen LogP contribution in [0.4, 0.5) is 0 Å².